The van der Waals surface area contributed by atoms with Crippen LogP contribution in [0.15, 0.2) is 58.5 Å². The van der Waals surface area contributed by atoms with Crippen LogP contribution in [0.1, 0.15) is 413 Å². The lowest BCUT2D eigenvalue weighted by molar-refractivity contribution is -0.119. The largest absolute Gasteiger partial charge is 0.352 e. The summed E-state index contributed by atoms with van der Waals surface area (Å²) in [6.07, 6.45) is 71.1. The van der Waals surface area contributed by atoms with E-state index in [-0.39, 0.29) is 23.6 Å². The minimum atomic E-state index is -0.198. The van der Waals surface area contributed by atoms with E-state index in [1.165, 1.54) is 283 Å². The summed E-state index contributed by atoms with van der Waals surface area (Å²) in [4.78, 5) is 80.9. The first-order valence-corrected chi connectivity index (χ1v) is 42.6. The van der Waals surface area contributed by atoms with Crippen LogP contribution in [-0.2, 0) is 19.2 Å². The van der Waals surface area contributed by atoms with Gasteiger partial charge in [-0.25, -0.2) is 9.98 Å². The van der Waals surface area contributed by atoms with E-state index in [0.29, 0.717) is 91.9 Å². The van der Waals surface area contributed by atoms with Gasteiger partial charge in [0.25, 0.3) is 0 Å². The maximum absolute atomic E-state index is 14.2. The Kier molecular flexibility index (Phi) is 48.5. The molecule has 0 atom stereocenters. The number of nitrogens with zero attached hydrogens (tertiary/aromatic N) is 2. The molecule has 100 heavy (non-hydrogen) atoms. The standard InChI is InChI=1S/C88H146N8O4/c1-5-9-13-17-21-25-29-33-37-41-45-49-53-57-61-81(97)93-85-73-65-67-75(89-73)86(94-82(98)62-58-54-50-46-42-38-34-30-26-22-18-14-10-6-2)77-69-71-79(91-77)88(96-84(100)64-60-56-52-48-44-40-36-32-28-24-20-16-12-8-4)80-72-70-78(92-80)87(76-68-66-74(85)90-76)95-83(99)63-59-55-51-47-43-39-35-31-27-23-19-15-11-7-3/h65-72,89-92H,5-64H2,1-4H3,(H,93,97)(H,94,98). The molecule has 562 valence electrons. The number of carbonyl (C=O) groups excluding carboxylic acids is 4. The maximum Gasteiger partial charge on any atom is 0.246 e. The highest BCUT2D eigenvalue weighted by Crippen LogP contribution is 2.28. The molecule has 5 heterocycles. The van der Waals surface area contributed by atoms with Gasteiger partial charge in [0.1, 0.15) is 10.7 Å². The molecule has 4 amide bonds. The van der Waals surface area contributed by atoms with Gasteiger partial charge in [0, 0.05) is 25.7 Å². The Morgan fingerprint density at radius 3 is 0.600 bits per heavy atom. The predicted octanol–water partition coefficient (Wildman–Crippen LogP) is 27.0. The Balaban J connectivity index is 1.41. The normalized spacial score (nSPS) is 12.1. The van der Waals surface area contributed by atoms with Gasteiger partial charge >= 0.3 is 0 Å². The minimum absolute atomic E-state index is 0.0766. The molecule has 5 rings (SSSR count). The van der Waals surface area contributed by atoms with Crippen LogP contribution in [0, 0.1) is 0 Å². The number of aromatic nitrogens is 4. The molecule has 0 aliphatic rings. The summed E-state index contributed by atoms with van der Waals surface area (Å²) in [5.74, 6) is -0.549. The molecule has 0 saturated carbocycles. The highest BCUT2D eigenvalue weighted by atomic mass is 16.2. The van der Waals surface area contributed by atoms with Gasteiger partial charge in [0.2, 0.25) is 23.6 Å². The molecule has 5 aromatic heterocycles. The highest BCUT2D eigenvalue weighted by Gasteiger charge is 2.15. The fraction of sp³-hybridized carbons (Fsp3) is 0.727. The second kappa shape index (κ2) is 57.0. The lowest BCUT2D eigenvalue weighted by atomic mass is 10.0. The maximum atomic E-state index is 14.2. The van der Waals surface area contributed by atoms with Crippen LogP contribution in [0.4, 0.5) is 11.4 Å². The zero-order valence-corrected chi connectivity index (χ0v) is 64.6. The Hall–Kier alpha value is -5.52. The van der Waals surface area contributed by atoms with Crippen molar-refractivity contribution < 1.29 is 19.2 Å². The van der Waals surface area contributed by atoms with Gasteiger partial charge in [-0.2, -0.15) is 0 Å². The highest BCUT2D eigenvalue weighted by molar-refractivity contribution is 6.05. The molecule has 0 aliphatic carbocycles. The summed E-state index contributed by atoms with van der Waals surface area (Å²) in [6, 6.07) is 15.5. The Morgan fingerprint density at radius 2 is 0.390 bits per heavy atom. The van der Waals surface area contributed by atoms with Crippen molar-refractivity contribution in [3.8, 4) is 0 Å². The molecule has 0 unspecified atom stereocenters. The van der Waals surface area contributed by atoms with Crippen molar-refractivity contribution in [1.29, 1.82) is 0 Å². The minimum Gasteiger partial charge on any atom is -0.352 e. The fourth-order valence-corrected chi connectivity index (χ4v) is 14.5. The second-order valence-electron chi connectivity index (χ2n) is 30.1. The van der Waals surface area contributed by atoms with Crippen molar-refractivity contribution >= 4 is 79.1 Å². The number of amides is 4. The van der Waals surface area contributed by atoms with Crippen LogP contribution < -0.4 is 21.3 Å². The van der Waals surface area contributed by atoms with Gasteiger partial charge in [-0.05, 0) is 74.2 Å². The fourth-order valence-electron chi connectivity index (χ4n) is 14.5. The van der Waals surface area contributed by atoms with E-state index in [2.05, 4.69) is 58.3 Å². The zero-order valence-electron chi connectivity index (χ0n) is 64.6. The molecule has 0 saturated heterocycles. The van der Waals surface area contributed by atoms with Crippen molar-refractivity contribution in [3.63, 3.8) is 0 Å². The average Bonchev–Trinajstić information content (AvgIpc) is 1.64. The van der Waals surface area contributed by atoms with Crippen molar-refractivity contribution in [2.45, 2.75) is 413 Å². The number of aromatic amines is 4. The van der Waals surface area contributed by atoms with Crippen molar-refractivity contribution in [2.75, 3.05) is 10.6 Å². The number of H-pyrrole nitrogens is 4. The van der Waals surface area contributed by atoms with Crippen LogP contribution in [0.2, 0.25) is 0 Å². The van der Waals surface area contributed by atoms with Gasteiger partial charge in [-0.1, -0.05) is 362 Å². The lowest BCUT2D eigenvalue weighted by Gasteiger charge is -2.08. The molecule has 0 radical (unpaired) electrons. The summed E-state index contributed by atoms with van der Waals surface area (Å²) in [7, 11) is 0. The number of rotatable bonds is 62. The number of hydrogen-bond donors (Lipinski definition) is 6. The number of unbranched alkanes of at least 4 members (excludes halogenated alkanes) is 52. The quantitative estimate of drug-likeness (QED) is 0.0212. The summed E-state index contributed by atoms with van der Waals surface area (Å²) >= 11 is 0. The van der Waals surface area contributed by atoms with Crippen LogP contribution in [-0.4, -0.2) is 43.6 Å². The molecule has 12 nitrogen and oxygen atoms in total. The summed E-state index contributed by atoms with van der Waals surface area (Å²) in [5.41, 5.74) is 6.12. The first kappa shape index (κ1) is 85.1. The molecule has 0 fully saturated rings. The SMILES string of the molecule is CCCCCCCCCCCCCCCCC(=O)N=c1c2ccc([nH]2)c(NC(=O)CCCCCCCCCCCCCCCC)c2ccc([nH]2)c(NC(=O)CCCCCCCCCCCCCCCC)c2ccc([nH]2)c(=NC(=O)CCCCCCCCCCCCCCCC)c2ccc1[nH]2. The first-order valence-electron chi connectivity index (χ1n) is 42.6. The summed E-state index contributed by atoms with van der Waals surface area (Å²) < 4.78 is 0. The van der Waals surface area contributed by atoms with E-state index in [1.54, 1.807) is 0 Å². The Bertz CT molecular complexity index is 2970. The van der Waals surface area contributed by atoms with Crippen molar-refractivity contribution in [1.82, 2.24) is 19.9 Å². The van der Waals surface area contributed by atoms with Crippen LogP contribution in [0.25, 0.3) is 44.1 Å². The molecule has 6 N–H and O–H groups in total. The van der Waals surface area contributed by atoms with E-state index < -0.39 is 0 Å². The van der Waals surface area contributed by atoms with Gasteiger partial charge in [0.05, 0.1) is 55.5 Å². The van der Waals surface area contributed by atoms with E-state index in [9.17, 15) is 19.2 Å². The Morgan fingerprint density at radius 1 is 0.230 bits per heavy atom. The van der Waals surface area contributed by atoms with E-state index in [1.807, 2.05) is 48.5 Å². The predicted molar refractivity (Wildman–Crippen MR) is 430 cm³/mol. The van der Waals surface area contributed by atoms with E-state index >= 15 is 0 Å². The Labute approximate surface area is 607 Å². The summed E-state index contributed by atoms with van der Waals surface area (Å²) in [6.45, 7) is 9.11. The zero-order chi connectivity index (χ0) is 71.0. The van der Waals surface area contributed by atoms with E-state index in [4.69, 9.17) is 9.98 Å². The van der Waals surface area contributed by atoms with Crippen molar-refractivity contribution in [3.05, 3.63) is 59.2 Å². The van der Waals surface area contributed by atoms with Crippen LogP contribution in [0.5, 0.6) is 0 Å². The third-order valence-corrected chi connectivity index (χ3v) is 20.8. The molecule has 0 aromatic carbocycles. The molecular formula is C88H146N8O4. The van der Waals surface area contributed by atoms with Crippen LogP contribution >= 0.6 is 0 Å². The van der Waals surface area contributed by atoms with E-state index in [0.717, 1.165) is 77.0 Å². The average molecular weight is 1380 g/mol. The number of carbonyl (C=O) groups is 4. The monoisotopic (exact) mass is 1380 g/mol. The van der Waals surface area contributed by atoms with Crippen molar-refractivity contribution in [2.24, 2.45) is 9.98 Å². The number of nitrogens with one attached hydrogen (secondary N) is 6. The number of hydrogen-bond acceptors (Lipinski definition) is 4. The van der Waals surface area contributed by atoms with Gasteiger partial charge in [-0.15, -0.1) is 0 Å². The molecular weight excluding hydrogens is 1230 g/mol. The molecule has 12 heteroatoms. The first-order chi connectivity index (χ1) is 49.2. The third-order valence-electron chi connectivity index (χ3n) is 20.8. The van der Waals surface area contributed by atoms with Gasteiger partial charge in [0.15, 0.2) is 0 Å². The molecule has 0 spiro atoms. The second-order valence-corrected chi connectivity index (χ2v) is 30.1. The molecule has 0 aliphatic heterocycles. The molecule has 5 aromatic rings. The number of anilines is 2. The smallest absolute Gasteiger partial charge is 0.246 e. The topological polar surface area (TPSA) is 180 Å². The summed E-state index contributed by atoms with van der Waals surface area (Å²) in [5, 5.41) is 7.53. The molecule has 8 bridgehead atoms. The van der Waals surface area contributed by atoms with Gasteiger partial charge in [-0.3, -0.25) is 19.2 Å². The van der Waals surface area contributed by atoms with Crippen LogP contribution in [0.3, 0.4) is 0 Å². The van der Waals surface area contributed by atoms with Gasteiger partial charge < -0.3 is 30.6 Å². The number of fused-ring (bicyclic) bond motifs is 8. The lowest BCUT2D eigenvalue weighted by Crippen LogP contribution is -2.12. The third kappa shape index (κ3) is 38.1.